The summed E-state index contributed by atoms with van der Waals surface area (Å²) in [6.45, 7) is 0. The van der Waals surface area contributed by atoms with Crippen molar-refractivity contribution in [2.45, 2.75) is 4.90 Å². The van der Waals surface area contributed by atoms with E-state index in [9.17, 15) is 20.7 Å². The molecule has 6 nitrogen and oxygen atoms in total. The van der Waals surface area contributed by atoms with Crippen LogP contribution in [0, 0.1) is 0 Å². The van der Waals surface area contributed by atoms with Crippen LogP contribution < -0.4 is 4.72 Å². The van der Waals surface area contributed by atoms with E-state index in [2.05, 4.69) is 0 Å². The van der Waals surface area contributed by atoms with E-state index in [-0.39, 0.29) is 5.69 Å². The first-order valence-corrected chi connectivity index (χ1v) is 6.31. The van der Waals surface area contributed by atoms with Crippen molar-refractivity contribution in [2.24, 2.45) is 0 Å². The lowest BCUT2D eigenvalue weighted by atomic mass is 10.3. The molecule has 1 aromatic rings. The van der Waals surface area contributed by atoms with Gasteiger partial charge in [0.1, 0.15) is 0 Å². The third-order valence-corrected chi connectivity index (χ3v) is 2.74. The first kappa shape index (κ1) is 11.9. The first-order chi connectivity index (χ1) is 6.68. The molecule has 0 aliphatic rings. The van der Waals surface area contributed by atoms with Crippen LogP contribution in [-0.2, 0) is 20.5 Å². The first-order valence-electron chi connectivity index (χ1n) is 3.48. The Balaban J connectivity index is 3.02. The Morgan fingerprint density at radius 2 is 1.53 bits per heavy atom. The fourth-order valence-electron chi connectivity index (χ4n) is 0.836. The lowest BCUT2D eigenvalue weighted by Gasteiger charge is -2.01. The van der Waals surface area contributed by atoms with Crippen LogP contribution in [0.1, 0.15) is 0 Å². The molecule has 0 unspecified atom stereocenters. The summed E-state index contributed by atoms with van der Waals surface area (Å²) < 4.78 is 63.6. The maximum absolute atomic E-state index is 12.1. The Bertz CT molecular complexity index is 548. The van der Waals surface area contributed by atoms with Crippen LogP contribution in [0.15, 0.2) is 29.2 Å². The minimum absolute atomic E-state index is 0.148. The largest absolute Gasteiger partial charge is 0.396 e. The molecule has 0 saturated heterocycles. The van der Waals surface area contributed by atoms with E-state index < -0.39 is 25.4 Å². The van der Waals surface area contributed by atoms with Gasteiger partial charge < -0.3 is 0 Å². The van der Waals surface area contributed by atoms with Crippen molar-refractivity contribution < 1.29 is 25.3 Å². The highest BCUT2D eigenvalue weighted by molar-refractivity contribution is 7.87. The van der Waals surface area contributed by atoms with E-state index in [1.54, 1.807) is 0 Å². The maximum atomic E-state index is 12.1. The molecule has 0 amide bonds. The summed E-state index contributed by atoms with van der Waals surface area (Å²) in [7, 11) is -9.22. The quantitative estimate of drug-likeness (QED) is 0.607. The van der Waals surface area contributed by atoms with E-state index in [1.165, 1.54) is 4.72 Å². The molecule has 0 saturated carbocycles. The number of halogens is 1. The highest BCUT2D eigenvalue weighted by Crippen LogP contribution is 2.14. The molecule has 0 aliphatic heterocycles. The zero-order chi connectivity index (χ0) is 11.7. The van der Waals surface area contributed by atoms with Crippen LogP contribution in [0.5, 0.6) is 0 Å². The number of nitrogens with one attached hydrogen (secondary N) is 1. The van der Waals surface area contributed by atoms with Crippen LogP contribution in [-0.4, -0.2) is 21.4 Å². The maximum Gasteiger partial charge on any atom is 0.396 e. The van der Waals surface area contributed by atoms with E-state index in [0.717, 1.165) is 24.3 Å². The van der Waals surface area contributed by atoms with E-state index >= 15 is 0 Å². The Morgan fingerprint density at radius 1 is 1.07 bits per heavy atom. The average molecular weight is 255 g/mol. The summed E-state index contributed by atoms with van der Waals surface area (Å²) in [6.07, 6.45) is 0. The summed E-state index contributed by atoms with van der Waals surface area (Å²) >= 11 is 0. The summed E-state index contributed by atoms with van der Waals surface area (Å²) in [5, 5.41) is 0. The van der Waals surface area contributed by atoms with Crippen molar-refractivity contribution >= 4 is 26.2 Å². The van der Waals surface area contributed by atoms with Crippen LogP contribution in [0.3, 0.4) is 0 Å². The molecular weight excluding hydrogens is 249 g/mol. The van der Waals surface area contributed by atoms with Crippen molar-refractivity contribution in [2.75, 3.05) is 4.72 Å². The molecule has 15 heavy (non-hydrogen) atoms. The number of hydrogen-bond donors (Lipinski definition) is 2. The third-order valence-electron chi connectivity index (χ3n) is 1.39. The molecular formula is C6H6FNO5S2. The van der Waals surface area contributed by atoms with Crippen LogP contribution in [0.4, 0.5) is 9.57 Å². The number of rotatable bonds is 3. The van der Waals surface area contributed by atoms with E-state index in [1.807, 2.05) is 0 Å². The van der Waals surface area contributed by atoms with Gasteiger partial charge in [-0.15, -0.1) is 0 Å². The van der Waals surface area contributed by atoms with Gasteiger partial charge in [-0.05, 0) is 24.3 Å². The minimum atomic E-state index is -4.89. The Labute approximate surface area is 85.8 Å². The van der Waals surface area contributed by atoms with Gasteiger partial charge in [0.05, 0.1) is 10.6 Å². The predicted octanol–water partition coefficient (Wildman–Crippen LogP) is 0.560. The van der Waals surface area contributed by atoms with E-state index in [0.29, 0.717) is 0 Å². The average Bonchev–Trinajstić information content (AvgIpc) is 2.00. The van der Waals surface area contributed by atoms with Gasteiger partial charge in [0, 0.05) is 0 Å². The molecule has 0 bridgehead atoms. The van der Waals surface area contributed by atoms with Crippen molar-refractivity contribution in [1.29, 1.82) is 0 Å². The zero-order valence-corrected chi connectivity index (χ0v) is 8.72. The lowest BCUT2D eigenvalue weighted by molar-refractivity contribution is 0.483. The predicted molar refractivity (Wildman–Crippen MR) is 49.9 cm³/mol. The molecule has 1 aromatic carbocycles. The summed E-state index contributed by atoms with van der Waals surface area (Å²) in [5.74, 6) is 0. The molecule has 0 heterocycles. The monoisotopic (exact) mass is 255 g/mol. The number of hydrogen-bond acceptors (Lipinski definition) is 4. The van der Waals surface area contributed by atoms with Gasteiger partial charge in [-0.2, -0.15) is 16.8 Å². The van der Waals surface area contributed by atoms with Crippen LogP contribution in [0.2, 0.25) is 0 Å². The molecule has 0 aliphatic carbocycles. The van der Waals surface area contributed by atoms with E-state index in [4.69, 9.17) is 4.55 Å². The smallest absolute Gasteiger partial charge is 0.282 e. The Kier molecular flexibility index (Phi) is 2.98. The van der Waals surface area contributed by atoms with Gasteiger partial charge in [-0.1, -0.05) is 3.89 Å². The van der Waals surface area contributed by atoms with Crippen molar-refractivity contribution in [3.63, 3.8) is 0 Å². The standard InChI is InChI=1S/C6H6FNO5S2/c7-15(12,13)8-5-1-3-6(4-2-5)14(9,10)11/h1-4,8H,(H,9,10,11). The summed E-state index contributed by atoms with van der Waals surface area (Å²) in [6, 6.07) is 3.87. The molecule has 0 radical (unpaired) electrons. The second kappa shape index (κ2) is 3.76. The Morgan fingerprint density at radius 3 is 1.87 bits per heavy atom. The topological polar surface area (TPSA) is 101 Å². The van der Waals surface area contributed by atoms with Crippen molar-refractivity contribution in [3.05, 3.63) is 24.3 Å². The lowest BCUT2D eigenvalue weighted by Crippen LogP contribution is -2.05. The molecule has 0 atom stereocenters. The van der Waals surface area contributed by atoms with Crippen molar-refractivity contribution in [1.82, 2.24) is 0 Å². The van der Waals surface area contributed by atoms with Gasteiger partial charge >= 0.3 is 10.4 Å². The fourth-order valence-corrected chi connectivity index (χ4v) is 1.73. The number of benzene rings is 1. The van der Waals surface area contributed by atoms with Crippen LogP contribution >= 0.6 is 0 Å². The molecule has 0 fully saturated rings. The van der Waals surface area contributed by atoms with Crippen LogP contribution in [0.25, 0.3) is 0 Å². The van der Waals surface area contributed by atoms with Gasteiger partial charge in [0.25, 0.3) is 10.1 Å². The van der Waals surface area contributed by atoms with Gasteiger partial charge in [-0.3, -0.25) is 9.27 Å². The normalized spacial score (nSPS) is 12.4. The molecule has 84 valence electrons. The second-order valence-electron chi connectivity index (χ2n) is 2.54. The van der Waals surface area contributed by atoms with Gasteiger partial charge in [0.2, 0.25) is 0 Å². The minimum Gasteiger partial charge on any atom is -0.282 e. The highest BCUT2D eigenvalue weighted by atomic mass is 32.3. The van der Waals surface area contributed by atoms with Crippen molar-refractivity contribution in [3.8, 4) is 0 Å². The SMILES string of the molecule is O=S(=O)(F)Nc1ccc(S(=O)(=O)O)cc1. The Hall–Kier alpha value is -1.19. The summed E-state index contributed by atoms with van der Waals surface area (Å²) in [5.41, 5.74) is -0.148. The molecule has 9 heteroatoms. The second-order valence-corrected chi connectivity index (χ2v) is 5.04. The fraction of sp³-hybridized carbons (Fsp3) is 0. The highest BCUT2D eigenvalue weighted by Gasteiger charge is 2.10. The number of anilines is 1. The summed E-state index contributed by atoms with van der Waals surface area (Å²) in [4.78, 5) is -0.413. The molecule has 0 aromatic heterocycles. The molecule has 1 rings (SSSR count). The third kappa shape index (κ3) is 3.81. The van der Waals surface area contributed by atoms with Gasteiger partial charge in [0.15, 0.2) is 0 Å². The molecule has 2 N–H and O–H groups in total. The zero-order valence-electron chi connectivity index (χ0n) is 7.08. The van der Waals surface area contributed by atoms with Gasteiger partial charge in [-0.25, -0.2) is 0 Å². The molecule has 0 spiro atoms.